The quantitative estimate of drug-likeness (QED) is 0.550. The van der Waals surface area contributed by atoms with Gasteiger partial charge >= 0.3 is 0 Å². The van der Waals surface area contributed by atoms with Gasteiger partial charge in [-0.1, -0.05) is 37.3 Å². The van der Waals surface area contributed by atoms with E-state index in [0.29, 0.717) is 42.6 Å². The Morgan fingerprint density at radius 3 is 2.57 bits per heavy atom. The van der Waals surface area contributed by atoms with Gasteiger partial charge in [0.2, 0.25) is 0 Å². The number of ketones is 1. The van der Waals surface area contributed by atoms with Crippen molar-refractivity contribution in [1.82, 2.24) is 9.97 Å². The van der Waals surface area contributed by atoms with Gasteiger partial charge in [-0.25, -0.2) is 4.98 Å². The van der Waals surface area contributed by atoms with Crippen LogP contribution in [0, 0.1) is 0 Å². The molecular weight excluding hydrogens is 358 g/mol. The molecule has 7 nitrogen and oxygen atoms in total. The monoisotopic (exact) mass is 381 g/mol. The van der Waals surface area contributed by atoms with Crippen molar-refractivity contribution in [1.29, 1.82) is 0 Å². The van der Waals surface area contributed by atoms with Gasteiger partial charge < -0.3 is 18.9 Å². The molecule has 0 saturated heterocycles. The number of amides is 1. The number of benzene rings is 1. The van der Waals surface area contributed by atoms with Crippen LogP contribution in [0.2, 0.25) is 0 Å². The number of unbranched alkanes of at least 4 members (excludes halogenated alkanes) is 1. The zero-order valence-electron chi connectivity index (χ0n) is 16.0. The van der Waals surface area contributed by atoms with Crippen molar-refractivity contribution in [3.05, 3.63) is 54.1 Å². The molecule has 0 fully saturated rings. The average molecular weight is 381 g/mol. The largest absolute Gasteiger partial charge is 0.447 e. The maximum absolute atomic E-state index is 12.7. The lowest BCUT2D eigenvalue weighted by Gasteiger charge is -2.01. The summed E-state index contributed by atoms with van der Waals surface area (Å²) in [6, 6.07) is 9.38. The van der Waals surface area contributed by atoms with Gasteiger partial charge in [0.1, 0.15) is 12.0 Å². The van der Waals surface area contributed by atoms with Gasteiger partial charge in [0, 0.05) is 24.8 Å². The number of anilines is 1. The number of rotatable bonds is 9. The Kier molecular flexibility index (Phi) is 6.37. The number of nitrogens with one attached hydrogen (secondary N) is 1. The third-order valence-corrected chi connectivity index (χ3v) is 4.19. The minimum absolute atomic E-state index is 0.175. The number of aryl methyl sites for hydroxylation is 2. The highest BCUT2D eigenvalue weighted by atomic mass is 16.4. The maximum Gasteiger partial charge on any atom is 0.279 e. The van der Waals surface area contributed by atoms with Crippen LogP contribution in [0.4, 0.5) is 5.82 Å². The topological polar surface area (TPSA) is 98.2 Å². The summed E-state index contributed by atoms with van der Waals surface area (Å²) in [5.41, 5.74) is 1.00. The number of carbonyl (C=O) groups is 2. The van der Waals surface area contributed by atoms with Crippen LogP contribution in [-0.4, -0.2) is 21.7 Å². The fourth-order valence-corrected chi connectivity index (χ4v) is 2.76. The van der Waals surface area contributed by atoms with Crippen LogP contribution >= 0.6 is 0 Å². The molecule has 0 aliphatic rings. The fraction of sp³-hybridized carbons (Fsp3) is 0.333. The molecule has 0 unspecified atom stereocenters. The lowest BCUT2D eigenvalue weighted by molar-refractivity contribution is -0.117. The highest BCUT2D eigenvalue weighted by molar-refractivity contribution is 6.05. The molecule has 28 heavy (non-hydrogen) atoms. The average Bonchev–Trinajstić information content (AvgIpc) is 3.32. The number of Topliss-reactive ketones (excluding diaryl/α,β-unsaturated/α-hetero) is 1. The van der Waals surface area contributed by atoms with Crippen LogP contribution in [0.1, 0.15) is 55.4 Å². The second kappa shape index (κ2) is 9.12. The summed E-state index contributed by atoms with van der Waals surface area (Å²) in [7, 11) is 0. The van der Waals surface area contributed by atoms with E-state index in [1.165, 1.54) is 6.26 Å². The summed E-state index contributed by atoms with van der Waals surface area (Å²) < 4.78 is 11.2. The summed E-state index contributed by atoms with van der Waals surface area (Å²) in [6.07, 6.45) is 4.75. The third-order valence-electron chi connectivity index (χ3n) is 4.19. The summed E-state index contributed by atoms with van der Waals surface area (Å²) >= 11 is 0. The fourth-order valence-electron chi connectivity index (χ4n) is 2.76. The van der Waals surface area contributed by atoms with E-state index < -0.39 is 5.91 Å². The van der Waals surface area contributed by atoms with E-state index in [2.05, 4.69) is 15.3 Å². The van der Waals surface area contributed by atoms with Crippen molar-refractivity contribution in [3.8, 4) is 11.3 Å². The molecule has 0 aliphatic carbocycles. The van der Waals surface area contributed by atoms with E-state index >= 15 is 0 Å². The normalized spacial score (nSPS) is 10.8. The molecular formula is C21H23N3O4. The van der Waals surface area contributed by atoms with Crippen LogP contribution < -0.4 is 5.32 Å². The molecule has 3 aromatic rings. The summed E-state index contributed by atoms with van der Waals surface area (Å²) in [5, 5.41) is 2.71. The third kappa shape index (κ3) is 4.94. The molecule has 1 aromatic carbocycles. The molecule has 0 bridgehead atoms. The first kappa shape index (κ1) is 19.5. The Bertz CT molecular complexity index is 944. The zero-order valence-corrected chi connectivity index (χ0v) is 16.0. The van der Waals surface area contributed by atoms with Crippen molar-refractivity contribution in [2.75, 3.05) is 5.32 Å². The Hall–Kier alpha value is -3.22. The minimum Gasteiger partial charge on any atom is -0.447 e. The first-order valence-corrected chi connectivity index (χ1v) is 9.37. The Morgan fingerprint density at radius 2 is 1.86 bits per heavy atom. The predicted octanol–water partition coefficient (Wildman–Crippen LogP) is 4.45. The first-order chi connectivity index (χ1) is 13.6. The van der Waals surface area contributed by atoms with E-state index in [9.17, 15) is 9.59 Å². The summed E-state index contributed by atoms with van der Waals surface area (Å²) in [6.45, 7) is 3.49. The van der Waals surface area contributed by atoms with Crippen molar-refractivity contribution in [2.24, 2.45) is 0 Å². The van der Waals surface area contributed by atoms with Crippen molar-refractivity contribution in [2.45, 2.75) is 46.0 Å². The lowest BCUT2D eigenvalue weighted by Crippen LogP contribution is -2.14. The summed E-state index contributed by atoms with van der Waals surface area (Å²) in [4.78, 5) is 32.3. The molecule has 1 N–H and O–H groups in total. The molecule has 2 heterocycles. The van der Waals surface area contributed by atoms with Gasteiger partial charge in [-0.3, -0.25) is 4.79 Å². The Labute approximate surface area is 163 Å². The number of aromatic nitrogens is 2. The Balaban J connectivity index is 1.68. The van der Waals surface area contributed by atoms with Crippen LogP contribution in [0.25, 0.3) is 11.3 Å². The number of hydrogen-bond donors (Lipinski definition) is 1. The predicted molar refractivity (Wildman–Crippen MR) is 104 cm³/mol. The second-order valence-electron chi connectivity index (χ2n) is 6.49. The molecule has 0 radical (unpaired) electrons. The van der Waals surface area contributed by atoms with E-state index in [1.807, 2.05) is 37.3 Å². The van der Waals surface area contributed by atoms with Crippen molar-refractivity contribution in [3.63, 3.8) is 0 Å². The summed E-state index contributed by atoms with van der Waals surface area (Å²) in [5.74, 6) is 1.55. The minimum atomic E-state index is -0.404. The van der Waals surface area contributed by atoms with Crippen LogP contribution in [0.15, 0.2) is 45.4 Å². The molecule has 0 spiro atoms. The van der Waals surface area contributed by atoms with E-state index in [-0.39, 0.29) is 11.5 Å². The molecule has 3 rings (SSSR count). The number of oxazole rings is 2. The van der Waals surface area contributed by atoms with Gasteiger partial charge in [0.05, 0.1) is 0 Å². The standard InChI is InChI=1S/C21H23N3O4/c1-3-17-24-19(20(28-17)15-10-5-4-6-11-15)21(26)23-16-13-27-18(22-16)12-8-7-9-14(2)25/h4-6,10-11,13H,3,7-9,12H2,1-2H3,(H,23,26). The first-order valence-electron chi connectivity index (χ1n) is 9.37. The smallest absolute Gasteiger partial charge is 0.279 e. The molecule has 1 amide bonds. The number of hydrogen-bond acceptors (Lipinski definition) is 6. The molecule has 2 aromatic heterocycles. The highest BCUT2D eigenvalue weighted by Crippen LogP contribution is 2.26. The molecule has 146 valence electrons. The van der Waals surface area contributed by atoms with Gasteiger partial charge in [0.25, 0.3) is 5.91 Å². The van der Waals surface area contributed by atoms with E-state index in [4.69, 9.17) is 8.83 Å². The Morgan fingerprint density at radius 1 is 1.07 bits per heavy atom. The van der Waals surface area contributed by atoms with Crippen LogP contribution in [-0.2, 0) is 17.6 Å². The SMILES string of the molecule is CCc1nc(C(=O)Nc2coc(CCCCC(C)=O)n2)c(-c2ccccc2)o1. The van der Waals surface area contributed by atoms with E-state index in [0.717, 1.165) is 18.4 Å². The highest BCUT2D eigenvalue weighted by Gasteiger charge is 2.22. The zero-order chi connectivity index (χ0) is 19.9. The van der Waals surface area contributed by atoms with Gasteiger partial charge in [-0.15, -0.1) is 0 Å². The van der Waals surface area contributed by atoms with Crippen LogP contribution in [0.3, 0.4) is 0 Å². The lowest BCUT2D eigenvalue weighted by atomic mass is 10.1. The number of carbonyl (C=O) groups excluding carboxylic acids is 2. The van der Waals surface area contributed by atoms with Crippen molar-refractivity contribution < 1.29 is 18.4 Å². The molecule has 0 saturated carbocycles. The molecule has 7 heteroatoms. The van der Waals surface area contributed by atoms with Gasteiger partial charge in [-0.05, 0) is 19.8 Å². The molecule has 0 aliphatic heterocycles. The van der Waals surface area contributed by atoms with E-state index in [1.54, 1.807) is 6.92 Å². The number of nitrogens with zero attached hydrogens (tertiary/aromatic N) is 2. The van der Waals surface area contributed by atoms with Gasteiger partial charge in [0.15, 0.2) is 29.1 Å². The van der Waals surface area contributed by atoms with Crippen LogP contribution in [0.5, 0.6) is 0 Å². The second-order valence-corrected chi connectivity index (χ2v) is 6.49. The van der Waals surface area contributed by atoms with Gasteiger partial charge in [-0.2, -0.15) is 4.98 Å². The molecule has 0 atom stereocenters. The maximum atomic E-state index is 12.7. The van der Waals surface area contributed by atoms with Crippen molar-refractivity contribution >= 4 is 17.5 Å².